The van der Waals surface area contributed by atoms with Gasteiger partial charge >= 0.3 is 0 Å². The number of fused-ring (bicyclic) bond motifs is 2. The number of para-hydroxylation sites is 1. The molecule has 1 saturated heterocycles. The van der Waals surface area contributed by atoms with Crippen LogP contribution in [0.5, 0.6) is 0 Å². The topological polar surface area (TPSA) is 62.2 Å². The Morgan fingerprint density at radius 2 is 1.88 bits per heavy atom. The van der Waals surface area contributed by atoms with Crippen molar-refractivity contribution in [2.24, 2.45) is 4.99 Å². The van der Waals surface area contributed by atoms with E-state index in [4.69, 9.17) is 9.97 Å². The second kappa shape index (κ2) is 6.50. The first-order chi connectivity index (χ1) is 12.9. The monoisotopic (exact) mass is 343 g/mol. The van der Waals surface area contributed by atoms with E-state index in [0.29, 0.717) is 5.92 Å². The van der Waals surface area contributed by atoms with E-state index in [1.165, 1.54) is 11.1 Å². The van der Waals surface area contributed by atoms with Crippen LogP contribution < -0.4 is 10.6 Å². The molecule has 5 rings (SSSR count). The normalized spacial score (nSPS) is 16.8. The van der Waals surface area contributed by atoms with Crippen molar-refractivity contribution < 1.29 is 0 Å². The van der Waals surface area contributed by atoms with Gasteiger partial charge in [-0.25, -0.2) is 9.97 Å². The Kier molecular flexibility index (Phi) is 3.87. The molecule has 2 N–H and O–H groups in total. The SMILES string of the molecule is C1=NCc2ccc(Nc3nc(C4CCNCC4)nc4ccccc34)cc21. The lowest BCUT2D eigenvalue weighted by atomic mass is 9.97. The van der Waals surface area contributed by atoms with Crippen molar-refractivity contribution in [3.63, 3.8) is 0 Å². The lowest BCUT2D eigenvalue weighted by Crippen LogP contribution is -2.27. The summed E-state index contributed by atoms with van der Waals surface area (Å²) in [5, 5.41) is 8.00. The number of hydrogen-bond acceptors (Lipinski definition) is 5. The van der Waals surface area contributed by atoms with Crippen molar-refractivity contribution in [3.05, 3.63) is 59.4 Å². The molecule has 0 saturated carbocycles. The van der Waals surface area contributed by atoms with E-state index in [0.717, 1.165) is 60.7 Å². The van der Waals surface area contributed by atoms with E-state index >= 15 is 0 Å². The summed E-state index contributed by atoms with van der Waals surface area (Å²) < 4.78 is 0. The summed E-state index contributed by atoms with van der Waals surface area (Å²) in [6, 6.07) is 14.6. The van der Waals surface area contributed by atoms with Crippen LogP contribution in [0.4, 0.5) is 11.5 Å². The van der Waals surface area contributed by atoms with Crippen LogP contribution in [0.25, 0.3) is 10.9 Å². The van der Waals surface area contributed by atoms with Crippen LogP contribution in [0.2, 0.25) is 0 Å². The number of nitrogens with one attached hydrogen (secondary N) is 2. The van der Waals surface area contributed by atoms with Gasteiger partial charge in [-0.15, -0.1) is 0 Å². The van der Waals surface area contributed by atoms with Gasteiger partial charge in [-0.1, -0.05) is 18.2 Å². The Morgan fingerprint density at radius 3 is 2.81 bits per heavy atom. The molecule has 0 atom stereocenters. The molecule has 0 bridgehead atoms. The molecule has 2 aliphatic rings. The molecule has 130 valence electrons. The zero-order valence-corrected chi connectivity index (χ0v) is 14.6. The third kappa shape index (κ3) is 2.84. The Hall–Kier alpha value is -2.79. The van der Waals surface area contributed by atoms with Gasteiger partial charge in [0.15, 0.2) is 0 Å². The summed E-state index contributed by atoms with van der Waals surface area (Å²) >= 11 is 0. The quantitative estimate of drug-likeness (QED) is 0.760. The lowest BCUT2D eigenvalue weighted by molar-refractivity contribution is 0.446. The molecule has 0 unspecified atom stereocenters. The Bertz CT molecular complexity index is 989. The smallest absolute Gasteiger partial charge is 0.142 e. The maximum Gasteiger partial charge on any atom is 0.142 e. The van der Waals surface area contributed by atoms with Crippen LogP contribution in [-0.4, -0.2) is 29.3 Å². The van der Waals surface area contributed by atoms with Crippen molar-refractivity contribution in [3.8, 4) is 0 Å². The van der Waals surface area contributed by atoms with E-state index in [-0.39, 0.29) is 0 Å². The van der Waals surface area contributed by atoms with Gasteiger partial charge in [0, 0.05) is 23.2 Å². The summed E-state index contributed by atoms with van der Waals surface area (Å²) in [7, 11) is 0. The first-order valence-electron chi connectivity index (χ1n) is 9.24. The van der Waals surface area contributed by atoms with Gasteiger partial charge in [0.1, 0.15) is 11.6 Å². The van der Waals surface area contributed by atoms with Gasteiger partial charge in [0.05, 0.1) is 12.1 Å². The average Bonchev–Trinajstić information content (AvgIpc) is 3.16. The average molecular weight is 343 g/mol. The van der Waals surface area contributed by atoms with Gasteiger partial charge in [-0.2, -0.15) is 0 Å². The minimum absolute atomic E-state index is 0.425. The first kappa shape index (κ1) is 15.5. The molecule has 0 radical (unpaired) electrons. The molecule has 0 aliphatic carbocycles. The second-order valence-electron chi connectivity index (χ2n) is 6.98. The highest BCUT2D eigenvalue weighted by Crippen LogP contribution is 2.30. The third-order valence-corrected chi connectivity index (χ3v) is 5.23. The maximum absolute atomic E-state index is 4.93. The van der Waals surface area contributed by atoms with Crippen LogP contribution in [-0.2, 0) is 6.54 Å². The number of piperidine rings is 1. The van der Waals surface area contributed by atoms with Gasteiger partial charge in [-0.05, 0) is 61.3 Å². The molecule has 0 spiro atoms. The molecule has 1 aromatic heterocycles. The number of nitrogens with zero attached hydrogens (tertiary/aromatic N) is 3. The number of hydrogen-bond donors (Lipinski definition) is 2. The molecule has 2 aliphatic heterocycles. The minimum Gasteiger partial charge on any atom is -0.340 e. The fourth-order valence-electron chi connectivity index (χ4n) is 3.77. The fourth-order valence-corrected chi connectivity index (χ4v) is 3.77. The number of benzene rings is 2. The Morgan fingerprint density at radius 1 is 1.00 bits per heavy atom. The molecule has 3 heterocycles. The largest absolute Gasteiger partial charge is 0.340 e. The zero-order valence-electron chi connectivity index (χ0n) is 14.6. The second-order valence-corrected chi connectivity index (χ2v) is 6.98. The molecule has 5 nitrogen and oxygen atoms in total. The zero-order chi connectivity index (χ0) is 17.3. The van der Waals surface area contributed by atoms with Crippen molar-refractivity contribution in [1.29, 1.82) is 0 Å². The summed E-state index contributed by atoms with van der Waals surface area (Å²) in [5.41, 5.74) is 4.50. The highest BCUT2D eigenvalue weighted by atomic mass is 15.0. The summed E-state index contributed by atoms with van der Waals surface area (Å²) in [6.45, 7) is 2.85. The molecule has 26 heavy (non-hydrogen) atoms. The molecule has 3 aromatic rings. The van der Waals surface area contributed by atoms with Gasteiger partial charge in [0.25, 0.3) is 0 Å². The predicted octanol–water partition coefficient (Wildman–Crippen LogP) is 3.77. The summed E-state index contributed by atoms with van der Waals surface area (Å²) in [5.74, 6) is 2.27. The number of rotatable bonds is 3. The Balaban J connectivity index is 1.55. The summed E-state index contributed by atoms with van der Waals surface area (Å²) in [4.78, 5) is 14.1. The standard InChI is InChI=1S/C21H21N5/c1-2-4-19-18(3-1)21(26-20(25-19)14-7-9-22-10-8-14)24-17-6-5-15-12-23-13-16(15)11-17/h1-6,11,13-14,22H,7-10,12H2,(H,24,25,26). The van der Waals surface area contributed by atoms with Crippen LogP contribution in [0.1, 0.15) is 35.7 Å². The van der Waals surface area contributed by atoms with E-state index in [1.54, 1.807) is 0 Å². The first-order valence-corrected chi connectivity index (χ1v) is 9.24. The Labute approximate surface area is 152 Å². The third-order valence-electron chi connectivity index (χ3n) is 5.23. The highest BCUT2D eigenvalue weighted by Gasteiger charge is 2.20. The number of anilines is 2. The predicted molar refractivity (Wildman–Crippen MR) is 105 cm³/mol. The van der Waals surface area contributed by atoms with E-state index in [9.17, 15) is 0 Å². The molecular weight excluding hydrogens is 322 g/mol. The van der Waals surface area contributed by atoms with E-state index in [1.807, 2.05) is 18.3 Å². The van der Waals surface area contributed by atoms with E-state index < -0.39 is 0 Å². The van der Waals surface area contributed by atoms with Crippen molar-refractivity contribution >= 4 is 28.6 Å². The molecular formula is C21H21N5. The minimum atomic E-state index is 0.425. The van der Waals surface area contributed by atoms with Crippen LogP contribution in [0.15, 0.2) is 47.5 Å². The number of aliphatic imine (C=N–C) groups is 1. The number of aromatic nitrogens is 2. The lowest BCUT2D eigenvalue weighted by Gasteiger charge is -2.22. The highest BCUT2D eigenvalue weighted by molar-refractivity contribution is 5.92. The van der Waals surface area contributed by atoms with Gasteiger partial charge < -0.3 is 10.6 Å². The van der Waals surface area contributed by atoms with Crippen LogP contribution in [0.3, 0.4) is 0 Å². The molecule has 0 amide bonds. The molecule has 2 aromatic carbocycles. The molecule has 5 heteroatoms. The fraction of sp³-hybridized carbons (Fsp3) is 0.286. The van der Waals surface area contributed by atoms with Crippen molar-refractivity contribution in [1.82, 2.24) is 15.3 Å². The summed E-state index contributed by atoms with van der Waals surface area (Å²) in [6.07, 6.45) is 4.12. The molecule has 1 fully saturated rings. The van der Waals surface area contributed by atoms with E-state index in [2.05, 4.69) is 46.0 Å². The van der Waals surface area contributed by atoms with Crippen LogP contribution in [0, 0.1) is 0 Å². The van der Waals surface area contributed by atoms with Crippen LogP contribution >= 0.6 is 0 Å². The maximum atomic E-state index is 4.93. The van der Waals surface area contributed by atoms with Crippen molar-refractivity contribution in [2.45, 2.75) is 25.3 Å². The van der Waals surface area contributed by atoms with Gasteiger partial charge in [0.2, 0.25) is 0 Å². The van der Waals surface area contributed by atoms with Crippen molar-refractivity contribution in [2.75, 3.05) is 18.4 Å². The van der Waals surface area contributed by atoms with Gasteiger partial charge in [-0.3, -0.25) is 4.99 Å².